The minimum Gasteiger partial charge on any atom is -0.336 e. The van der Waals surface area contributed by atoms with E-state index < -0.39 is 12.5 Å². The second-order valence-corrected chi connectivity index (χ2v) is 4.02. The summed E-state index contributed by atoms with van der Waals surface area (Å²) in [4.78, 5) is 12.7. The first-order chi connectivity index (χ1) is 7.05. The second kappa shape index (κ2) is 5.39. The van der Waals surface area contributed by atoms with Gasteiger partial charge in [-0.2, -0.15) is 0 Å². The number of alkyl halides is 2. The van der Waals surface area contributed by atoms with E-state index in [9.17, 15) is 13.6 Å². The van der Waals surface area contributed by atoms with Crippen molar-refractivity contribution in [3.05, 3.63) is 0 Å². The molecule has 0 aromatic carbocycles. The fraction of sp³-hybridized carbons (Fsp3) is 0.900. The molecular weight excluding hydrogens is 202 g/mol. The Balaban J connectivity index is 2.18. The minimum absolute atomic E-state index is 0.149. The summed E-state index contributed by atoms with van der Waals surface area (Å²) < 4.78 is 25.6. The SMILES string of the molecule is NCCCCCC(=O)N1CCC(F)(F)C1. The van der Waals surface area contributed by atoms with Crippen molar-refractivity contribution in [2.45, 2.75) is 38.0 Å². The Hall–Kier alpha value is -0.710. The lowest BCUT2D eigenvalue weighted by Crippen LogP contribution is -2.31. The van der Waals surface area contributed by atoms with Crippen molar-refractivity contribution in [1.82, 2.24) is 4.90 Å². The third-order valence-electron chi connectivity index (χ3n) is 2.62. The normalized spacial score (nSPS) is 19.5. The maximum absolute atomic E-state index is 12.8. The van der Waals surface area contributed by atoms with Gasteiger partial charge in [0.1, 0.15) is 0 Å². The molecule has 2 N–H and O–H groups in total. The van der Waals surface area contributed by atoms with Crippen LogP contribution in [-0.4, -0.2) is 36.4 Å². The molecule has 1 heterocycles. The van der Waals surface area contributed by atoms with Crippen LogP contribution in [-0.2, 0) is 4.79 Å². The van der Waals surface area contributed by atoms with Crippen LogP contribution in [0.1, 0.15) is 32.1 Å². The molecule has 0 aliphatic carbocycles. The van der Waals surface area contributed by atoms with Gasteiger partial charge < -0.3 is 10.6 Å². The van der Waals surface area contributed by atoms with E-state index in [2.05, 4.69) is 0 Å². The van der Waals surface area contributed by atoms with Gasteiger partial charge in [-0.15, -0.1) is 0 Å². The predicted molar refractivity (Wildman–Crippen MR) is 53.7 cm³/mol. The first kappa shape index (κ1) is 12.4. The zero-order valence-corrected chi connectivity index (χ0v) is 8.85. The van der Waals surface area contributed by atoms with Crippen molar-refractivity contribution in [3.63, 3.8) is 0 Å². The average Bonchev–Trinajstić information content (AvgIpc) is 2.53. The van der Waals surface area contributed by atoms with E-state index >= 15 is 0 Å². The molecule has 0 unspecified atom stereocenters. The monoisotopic (exact) mass is 220 g/mol. The maximum Gasteiger partial charge on any atom is 0.267 e. The standard InChI is InChI=1S/C10H18F2N2O/c11-10(12)5-7-14(8-10)9(15)4-2-1-3-6-13/h1-8,13H2. The Morgan fingerprint density at radius 2 is 2.07 bits per heavy atom. The Kier molecular flexibility index (Phi) is 4.45. The van der Waals surface area contributed by atoms with Crippen LogP contribution in [0.2, 0.25) is 0 Å². The molecule has 0 atom stereocenters. The molecule has 0 bridgehead atoms. The molecule has 1 amide bonds. The molecule has 0 saturated carbocycles. The Bertz CT molecular complexity index is 221. The van der Waals surface area contributed by atoms with Crippen molar-refractivity contribution < 1.29 is 13.6 Å². The van der Waals surface area contributed by atoms with Crippen LogP contribution in [0.25, 0.3) is 0 Å². The van der Waals surface area contributed by atoms with E-state index in [0.29, 0.717) is 13.0 Å². The van der Waals surface area contributed by atoms with Crippen molar-refractivity contribution in [1.29, 1.82) is 0 Å². The lowest BCUT2D eigenvalue weighted by molar-refractivity contribution is -0.131. The number of halogens is 2. The summed E-state index contributed by atoms with van der Waals surface area (Å²) in [6.07, 6.45) is 2.71. The Labute approximate surface area is 88.6 Å². The highest BCUT2D eigenvalue weighted by molar-refractivity contribution is 5.76. The highest BCUT2D eigenvalue weighted by Crippen LogP contribution is 2.27. The number of likely N-dealkylation sites (tertiary alicyclic amines) is 1. The summed E-state index contributed by atoms with van der Waals surface area (Å²) in [5.74, 6) is -2.82. The number of hydrogen-bond donors (Lipinski definition) is 1. The molecule has 1 rings (SSSR count). The zero-order valence-electron chi connectivity index (χ0n) is 8.85. The number of hydrogen-bond acceptors (Lipinski definition) is 2. The van der Waals surface area contributed by atoms with Crippen LogP contribution in [0.5, 0.6) is 0 Å². The number of unbranched alkanes of at least 4 members (excludes halogenated alkanes) is 2. The second-order valence-electron chi connectivity index (χ2n) is 4.02. The van der Waals surface area contributed by atoms with E-state index in [1.165, 1.54) is 4.90 Å². The van der Waals surface area contributed by atoms with Crippen LogP contribution >= 0.6 is 0 Å². The largest absolute Gasteiger partial charge is 0.336 e. The Morgan fingerprint density at radius 1 is 1.33 bits per heavy atom. The molecule has 0 aromatic heterocycles. The number of carbonyl (C=O) groups excluding carboxylic acids is 1. The van der Waals surface area contributed by atoms with E-state index in [4.69, 9.17) is 5.73 Å². The highest BCUT2D eigenvalue weighted by atomic mass is 19.3. The van der Waals surface area contributed by atoms with Crippen LogP contribution in [0.4, 0.5) is 8.78 Å². The van der Waals surface area contributed by atoms with Crippen molar-refractivity contribution >= 4 is 5.91 Å². The van der Waals surface area contributed by atoms with Crippen LogP contribution in [0.3, 0.4) is 0 Å². The highest BCUT2D eigenvalue weighted by Gasteiger charge is 2.39. The van der Waals surface area contributed by atoms with Gasteiger partial charge in [-0.1, -0.05) is 6.42 Å². The molecule has 0 aromatic rings. The minimum atomic E-state index is -2.67. The quantitative estimate of drug-likeness (QED) is 0.711. The van der Waals surface area contributed by atoms with Gasteiger partial charge in [0.05, 0.1) is 6.54 Å². The van der Waals surface area contributed by atoms with Gasteiger partial charge in [-0.05, 0) is 19.4 Å². The molecular formula is C10H18F2N2O. The zero-order chi connectivity index (χ0) is 11.3. The van der Waals surface area contributed by atoms with Gasteiger partial charge in [-0.25, -0.2) is 8.78 Å². The third-order valence-corrected chi connectivity index (χ3v) is 2.62. The van der Waals surface area contributed by atoms with Gasteiger partial charge in [0, 0.05) is 19.4 Å². The van der Waals surface area contributed by atoms with Gasteiger partial charge >= 0.3 is 0 Å². The summed E-state index contributed by atoms with van der Waals surface area (Å²) >= 11 is 0. The van der Waals surface area contributed by atoms with Crippen molar-refractivity contribution in [3.8, 4) is 0 Å². The molecule has 1 aliphatic heterocycles. The van der Waals surface area contributed by atoms with E-state index in [-0.39, 0.29) is 18.9 Å². The molecule has 5 heteroatoms. The lowest BCUT2D eigenvalue weighted by atomic mass is 10.2. The smallest absolute Gasteiger partial charge is 0.267 e. The van der Waals surface area contributed by atoms with Crippen molar-refractivity contribution in [2.24, 2.45) is 5.73 Å². The van der Waals surface area contributed by atoms with Crippen LogP contribution in [0, 0.1) is 0 Å². The topological polar surface area (TPSA) is 46.3 Å². The van der Waals surface area contributed by atoms with E-state index in [0.717, 1.165) is 19.3 Å². The Morgan fingerprint density at radius 3 is 2.60 bits per heavy atom. The number of nitrogens with zero attached hydrogens (tertiary/aromatic N) is 1. The summed E-state index contributed by atoms with van der Waals surface area (Å²) in [5.41, 5.74) is 5.31. The van der Waals surface area contributed by atoms with Gasteiger partial charge in [0.25, 0.3) is 5.92 Å². The van der Waals surface area contributed by atoms with Gasteiger partial charge in [-0.3, -0.25) is 4.79 Å². The number of rotatable bonds is 5. The predicted octanol–water partition coefficient (Wildman–Crippen LogP) is 1.37. The summed E-state index contributed by atoms with van der Waals surface area (Å²) in [6, 6.07) is 0. The number of amides is 1. The first-order valence-electron chi connectivity index (χ1n) is 5.41. The molecule has 1 saturated heterocycles. The van der Waals surface area contributed by atoms with Gasteiger partial charge in [0.2, 0.25) is 5.91 Å². The average molecular weight is 220 g/mol. The molecule has 0 spiro atoms. The molecule has 3 nitrogen and oxygen atoms in total. The molecule has 0 radical (unpaired) electrons. The number of carbonyl (C=O) groups is 1. The third kappa shape index (κ3) is 4.11. The molecule has 88 valence electrons. The fourth-order valence-corrected chi connectivity index (χ4v) is 1.70. The van der Waals surface area contributed by atoms with E-state index in [1.807, 2.05) is 0 Å². The maximum atomic E-state index is 12.8. The summed E-state index contributed by atoms with van der Waals surface area (Å²) in [6.45, 7) is 0.418. The summed E-state index contributed by atoms with van der Waals surface area (Å²) in [5, 5.41) is 0. The first-order valence-corrected chi connectivity index (χ1v) is 5.41. The van der Waals surface area contributed by atoms with E-state index in [1.54, 1.807) is 0 Å². The molecule has 1 fully saturated rings. The van der Waals surface area contributed by atoms with Gasteiger partial charge in [0.15, 0.2) is 0 Å². The fourth-order valence-electron chi connectivity index (χ4n) is 1.70. The van der Waals surface area contributed by atoms with Crippen LogP contribution in [0.15, 0.2) is 0 Å². The van der Waals surface area contributed by atoms with Crippen molar-refractivity contribution in [2.75, 3.05) is 19.6 Å². The van der Waals surface area contributed by atoms with Crippen LogP contribution < -0.4 is 5.73 Å². The summed E-state index contributed by atoms with van der Waals surface area (Å²) in [7, 11) is 0. The number of nitrogens with two attached hydrogens (primary N) is 1. The molecule has 15 heavy (non-hydrogen) atoms. The lowest BCUT2D eigenvalue weighted by Gasteiger charge is -2.15. The molecule has 1 aliphatic rings.